The van der Waals surface area contributed by atoms with Gasteiger partial charge in [-0.25, -0.2) is 8.78 Å². The van der Waals surface area contributed by atoms with Gasteiger partial charge in [-0.2, -0.15) is 26.3 Å². The molecule has 726 valence electrons. The van der Waals surface area contributed by atoms with Crippen LogP contribution in [0.25, 0.3) is 53.9 Å². The summed E-state index contributed by atoms with van der Waals surface area (Å²) in [6.45, 7) is 12.1. The molecule has 5 aromatic heterocycles. The molecule has 136 heavy (non-hydrogen) atoms. The number of carbonyl (C=O) groups is 5. The Morgan fingerprint density at radius 2 is 0.647 bits per heavy atom. The highest BCUT2D eigenvalue weighted by Gasteiger charge is 2.37. The Labute approximate surface area is 772 Å². The number of pyridine rings is 5. The lowest BCUT2D eigenvalue weighted by Crippen LogP contribution is -2.22. The fourth-order valence-electron chi connectivity index (χ4n) is 15.2. The Kier molecular flexibility index (Phi) is 40.0. The molecule has 5 heterocycles. The number of nitrogen functional groups attached to an aromatic ring is 1. The molecule has 0 unspecified atom stereocenters. The highest BCUT2D eigenvalue weighted by molar-refractivity contribution is 6.05. The van der Waals surface area contributed by atoms with E-state index in [0.717, 1.165) is 54.5 Å². The number of nitrogens with zero attached hydrogens (tertiary/aromatic N) is 7. The minimum atomic E-state index is -4.89. The number of anilines is 3. The van der Waals surface area contributed by atoms with Gasteiger partial charge in [0.05, 0.1) is 99.8 Å². The number of alkyl halides is 6. The molecule has 0 bridgehead atoms. The molecule has 0 aliphatic heterocycles. The molecule has 0 saturated carbocycles. The number of hydrogen-bond donors (Lipinski definition) is 7. The van der Waals surface area contributed by atoms with Gasteiger partial charge in [0, 0.05) is 147 Å². The smallest absolute Gasteiger partial charge is 0.419 e. The van der Waals surface area contributed by atoms with Crippen LogP contribution in [-0.2, 0) is 128 Å². The number of nitrogens with one attached hydrogen (secondary N) is 2. The van der Waals surface area contributed by atoms with Gasteiger partial charge in [-0.1, -0.05) is 75.4 Å². The number of rotatable bonds is 36. The third kappa shape index (κ3) is 28.5. The van der Waals surface area contributed by atoms with E-state index in [2.05, 4.69) is 10.6 Å². The summed E-state index contributed by atoms with van der Waals surface area (Å²) >= 11 is 0. The average Bonchev–Trinajstić information content (AvgIpc) is 0.795. The number of halogens is 8. The standard InChI is InChI=1S/C26H26F4N2O4.C23H22F4N2O4.C17H20N2O5.C17H22N2O3.C14H16N2O5/c1-3-12-32-13-11-19-20(25(32)35)10-9-17(7-5-14-36-16(2)33)24(19)31-22(34)15-18-6-4-8-21(23(18)27)26(28,29)30;24-20-15(3-1-5-18(20)23(25,26)27)13-19(32)28-21-14(4-2-11-30)6-7-17-16(21)8-9-29(10-12-31)22(17)33;1-3-9-18-10-8-14-15(17(18)21)7-6-13(16(14)19(22)23)5-4-11-24-12(2)20;1-3-9-19-10-8-14-15(17(19)21)7-6-13(16(14)18)5-4-11-22-12(2)20;17-8-1-2-10-3-4-12-11(13(10)16(20)21)5-6-15(7-9-18)14(12)19/h4,6,8-11,13H,3,5,7,12,14-15H2,1-2H3,(H,31,34);1,3,5-9,30-31H,2,4,10-13H2,(H,28,32);6-8,10H,3-5,9,11H2,1-2H3;6-8,10H,3-5,9,11,18H2,1-2H3;3-6,17-18H,1-2,7-9H2. The molecular weight excluding hydrogens is 1790 g/mol. The molecular formula is C97H106F8N10O21. The van der Waals surface area contributed by atoms with E-state index in [9.17, 15) is 108 Å². The number of fused-ring (bicyclic) bond motifs is 5. The number of hydrogen-bond acceptors (Lipinski definition) is 22. The van der Waals surface area contributed by atoms with Crippen molar-refractivity contribution in [2.24, 2.45) is 0 Å². The Morgan fingerprint density at radius 3 is 0.963 bits per heavy atom. The molecule has 2 amide bonds. The largest absolute Gasteiger partial charge is 0.466 e. The van der Waals surface area contributed by atoms with Crippen LogP contribution in [0.5, 0.6) is 0 Å². The predicted molar refractivity (Wildman–Crippen MR) is 497 cm³/mol. The number of aryl methyl sites for hydroxylation is 8. The molecule has 12 aromatic rings. The van der Waals surface area contributed by atoms with Gasteiger partial charge in [0.25, 0.3) is 39.2 Å². The number of carbonyl (C=O) groups excluding carboxylic acids is 5. The van der Waals surface area contributed by atoms with Crippen molar-refractivity contribution in [3.63, 3.8) is 0 Å². The zero-order valence-electron chi connectivity index (χ0n) is 75.6. The van der Waals surface area contributed by atoms with Crippen LogP contribution in [0, 0.1) is 31.9 Å². The SMILES string of the molecule is CCCn1ccc2c(N)c(CCCOC(C)=O)ccc2c1=O.CCCn1ccc2c(NC(=O)Cc3cccc(C(F)(F)F)c3F)c(CCCOC(C)=O)ccc2c1=O.CCCn1ccc2c([N+](=O)[O-])c(CCCOC(C)=O)ccc2c1=O.O=C(Cc1cccc(C(F)(F)F)c1F)Nc1c(CCCO)ccc2c(=O)n(CCO)ccc12.O=c1c2ccc(CCCO)c([N+](=O)[O-])c2ccn1CCO. The van der Waals surface area contributed by atoms with Crippen molar-refractivity contribution < 1.29 is 104 Å². The lowest BCUT2D eigenvalue weighted by molar-refractivity contribution is -0.383. The first-order valence-electron chi connectivity index (χ1n) is 43.7. The van der Waals surface area contributed by atoms with Crippen LogP contribution >= 0.6 is 0 Å². The molecule has 0 aliphatic rings. The third-order valence-electron chi connectivity index (χ3n) is 21.5. The molecule has 12 rings (SSSR count). The maximum atomic E-state index is 14.5. The lowest BCUT2D eigenvalue weighted by Gasteiger charge is -2.16. The van der Waals surface area contributed by atoms with E-state index in [1.165, 1.54) is 48.4 Å². The van der Waals surface area contributed by atoms with Crippen LogP contribution in [0.3, 0.4) is 0 Å². The number of nitrogens with two attached hydrogens (primary N) is 1. The molecule has 0 spiro atoms. The number of amides is 2. The van der Waals surface area contributed by atoms with Gasteiger partial charge in [-0.15, -0.1) is 0 Å². The third-order valence-corrected chi connectivity index (χ3v) is 21.5. The zero-order chi connectivity index (χ0) is 99.8. The van der Waals surface area contributed by atoms with Crippen molar-refractivity contribution in [1.82, 2.24) is 22.8 Å². The molecule has 0 aliphatic carbocycles. The average molecular weight is 1900 g/mol. The quantitative estimate of drug-likeness (QED) is 0.00365. The van der Waals surface area contributed by atoms with Crippen molar-refractivity contribution >= 4 is 112 Å². The number of nitro groups is 2. The Balaban J connectivity index is 0.000000212. The van der Waals surface area contributed by atoms with Crippen LogP contribution < -0.4 is 44.2 Å². The van der Waals surface area contributed by atoms with Crippen LogP contribution in [0.2, 0.25) is 0 Å². The summed E-state index contributed by atoms with van der Waals surface area (Å²) in [5.41, 5.74) is 5.61. The maximum absolute atomic E-state index is 14.5. The van der Waals surface area contributed by atoms with Gasteiger partial charge in [0.2, 0.25) is 11.8 Å². The van der Waals surface area contributed by atoms with E-state index in [1.54, 1.807) is 99.0 Å². The van der Waals surface area contributed by atoms with Crippen molar-refractivity contribution in [3.05, 3.63) is 292 Å². The maximum Gasteiger partial charge on any atom is 0.419 e. The van der Waals surface area contributed by atoms with E-state index in [4.69, 9.17) is 35.3 Å². The summed E-state index contributed by atoms with van der Waals surface area (Å²) in [6, 6.07) is 30.4. The molecule has 8 N–H and O–H groups in total. The summed E-state index contributed by atoms with van der Waals surface area (Å²) in [5, 5.41) is 68.3. The molecule has 7 aromatic carbocycles. The fraction of sp³-hybridized carbons (Fsp3) is 0.361. The monoisotopic (exact) mass is 1900 g/mol. The fourth-order valence-corrected chi connectivity index (χ4v) is 15.2. The summed E-state index contributed by atoms with van der Waals surface area (Å²) < 4.78 is 129. The number of aliphatic hydroxyl groups excluding tert-OH is 4. The summed E-state index contributed by atoms with van der Waals surface area (Å²) in [4.78, 5) is 143. The summed E-state index contributed by atoms with van der Waals surface area (Å²) in [5.74, 6) is -5.58. The Bertz CT molecular complexity index is 6650. The van der Waals surface area contributed by atoms with Gasteiger partial charge >= 0.3 is 30.3 Å². The first-order chi connectivity index (χ1) is 64.8. The molecule has 0 radical (unpaired) electrons. The van der Waals surface area contributed by atoms with E-state index < -0.39 is 92.3 Å². The number of benzene rings is 7. The second kappa shape index (κ2) is 50.8. The van der Waals surface area contributed by atoms with Gasteiger partial charge in [-0.3, -0.25) is 68.2 Å². The van der Waals surface area contributed by atoms with Crippen molar-refractivity contribution in [3.8, 4) is 0 Å². The topological polar surface area (TPSA) is 440 Å². The van der Waals surface area contributed by atoms with E-state index in [1.807, 2.05) is 39.0 Å². The van der Waals surface area contributed by atoms with Crippen LogP contribution in [0.15, 0.2) is 182 Å². The van der Waals surface area contributed by atoms with Crippen LogP contribution in [-0.4, -0.2) is 129 Å². The second-order valence-corrected chi connectivity index (χ2v) is 31.3. The number of aliphatic hydroxyl groups is 4. The Morgan fingerprint density at radius 1 is 0.368 bits per heavy atom. The summed E-state index contributed by atoms with van der Waals surface area (Å²) in [6.07, 6.45) is 3.98. The predicted octanol–water partition coefficient (Wildman–Crippen LogP) is 14.6. The molecule has 0 fully saturated rings. The van der Waals surface area contributed by atoms with Crippen LogP contribution in [0.1, 0.15) is 143 Å². The lowest BCUT2D eigenvalue weighted by atomic mass is 10.0. The van der Waals surface area contributed by atoms with Gasteiger partial charge in [0.1, 0.15) is 11.6 Å². The van der Waals surface area contributed by atoms with Gasteiger partial charge < -0.3 is 73.8 Å². The minimum absolute atomic E-state index is 0.00230. The number of esters is 3. The van der Waals surface area contributed by atoms with Crippen molar-refractivity contribution in [2.75, 3.05) is 62.6 Å². The first kappa shape index (κ1) is 107. The van der Waals surface area contributed by atoms with Crippen molar-refractivity contribution in [2.45, 2.75) is 183 Å². The first-order valence-corrected chi connectivity index (χ1v) is 43.7. The van der Waals surface area contributed by atoms with Gasteiger partial charge in [0.15, 0.2) is 0 Å². The number of nitro benzene ring substituents is 2. The summed E-state index contributed by atoms with van der Waals surface area (Å²) in [7, 11) is 0. The van der Waals surface area contributed by atoms with E-state index >= 15 is 0 Å². The van der Waals surface area contributed by atoms with Crippen molar-refractivity contribution in [1.29, 1.82) is 0 Å². The molecule has 31 nitrogen and oxygen atoms in total. The number of ether oxygens (including phenoxy) is 3. The Hall–Kier alpha value is -14.2. The molecule has 0 saturated heterocycles. The van der Waals surface area contributed by atoms with E-state index in [-0.39, 0.29) is 120 Å². The second-order valence-electron chi connectivity index (χ2n) is 31.3. The zero-order valence-corrected chi connectivity index (χ0v) is 75.6. The normalized spacial score (nSPS) is 11.2. The van der Waals surface area contributed by atoms with Crippen LogP contribution in [0.4, 0.5) is 63.6 Å². The molecule has 0 atom stereocenters. The highest BCUT2D eigenvalue weighted by Crippen LogP contribution is 2.37. The van der Waals surface area contributed by atoms with E-state index in [0.29, 0.717) is 169 Å². The molecule has 39 heteroatoms. The number of aromatic nitrogens is 5. The highest BCUT2D eigenvalue weighted by atomic mass is 19.4. The minimum Gasteiger partial charge on any atom is -0.466 e. The van der Waals surface area contributed by atoms with Gasteiger partial charge in [-0.05, 0) is 184 Å².